The molecule has 0 atom stereocenters. The average molecular weight is 243 g/mol. The number of fused-ring (bicyclic) bond motifs is 1. The number of ether oxygens (including phenoxy) is 1. The summed E-state index contributed by atoms with van der Waals surface area (Å²) in [4.78, 5) is 18.7. The highest BCUT2D eigenvalue weighted by Gasteiger charge is 2.07. The second-order valence-corrected chi connectivity index (χ2v) is 3.83. The summed E-state index contributed by atoms with van der Waals surface area (Å²) in [6.07, 6.45) is 0.814. The van der Waals surface area contributed by atoms with Crippen LogP contribution in [0, 0.1) is 11.3 Å². The highest BCUT2D eigenvalue weighted by Crippen LogP contribution is 2.14. The van der Waals surface area contributed by atoms with Crippen molar-refractivity contribution in [2.45, 2.75) is 19.8 Å². The number of esters is 1. The van der Waals surface area contributed by atoms with E-state index in [0.717, 1.165) is 16.9 Å². The zero-order chi connectivity index (χ0) is 13.0. The molecule has 0 aliphatic carbocycles. The first-order chi connectivity index (χ1) is 8.72. The van der Waals surface area contributed by atoms with E-state index in [9.17, 15) is 4.79 Å². The molecule has 1 N–H and O–H groups in total. The number of nitriles is 1. The third-order valence-electron chi connectivity index (χ3n) is 2.53. The number of nitrogens with one attached hydrogen (secondary N) is 1. The molecule has 1 heterocycles. The molecular formula is C13H13N3O2. The first-order valence-electron chi connectivity index (χ1n) is 5.77. The molecule has 2 aromatic rings. The van der Waals surface area contributed by atoms with Crippen LogP contribution in [0.2, 0.25) is 0 Å². The third-order valence-corrected chi connectivity index (χ3v) is 2.53. The first kappa shape index (κ1) is 12.1. The van der Waals surface area contributed by atoms with Gasteiger partial charge in [-0.15, -0.1) is 0 Å². The molecule has 92 valence electrons. The van der Waals surface area contributed by atoms with E-state index < -0.39 is 0 Å². The van der Waals surface area contributed by atoms with Gasteiger partial charge >= 0.3 is 5.97 Å². The van der Waals surface area contributed by atoms with Gasteiger partial charge in [-0.25, -0.2) is 4.98 Å². The largest absolute Gasteiger partial charge is 0.466 e. The number of H-pyrrole nitrogens is 1. The van der Waals surface area contributed by atoms with Crippen molar-refractivity contribution in [3.05, 3.63) is 29.6 Å². The SMILES string of the molecule is CCOC(=O)CCc1nc2cc(C#N)ccc2[nH]1. The highest BCUT2D eigenvalue weighted by atomic mass is 16.5. The monoisotopic (exact) mass is 243 g/mol. The summed E-state index contributed by atoms with van der Waals surface area (Å²) < 4.78 is 4.85. The van der Waals surface area contributed by atoms with Gasteiger partial charge in [0, 0.05) is 6.42 Å². The summed E-state index contributed by atoms with van der Waals surface area (Å²) in [5.41, 5.74) is 2.19. The van der Waals surface area contributed by atoms with Crippen molar-refractivity contribution in [3.8, 4) is 6.07 Å². The van der Waals surface area contributed by atoms with Crippen molar-refractivity contribution >= 4 is 17.0 Å². The van der Waals surface area contributed by atoms with Crippen LogP contribution in [0.15, 0.2) is 18.2 Å². The van der Waals surface area contributed by atoms with Crippen LogP contribution < -0.4 is 0 Å². The number of nitrogens with zero attached hydrogens (tertiary/aromatic N) is 2. The van der Waals surface area contributed by atoms with Gasteiger partial charge in [-0.1, -0.05) is 0 Å². The van der Waals surface area contributed by atoms with Crippen LogP contribution in [0.1, 0.15) is 24.7 Å². The molecule has 0 radical (unpaired) electrons. The molecule has 2 rings (SSSR count). The molecular weight excluding hydrogens is 230 g/mol. The van der Waals surface area contributed by atoms with Crippen LogP contribution in [-0.2, 0) is 16.0 Å². The van der Waals surface area contributed by atoms with Crippen molar-refractivity contribution in [1.29, 1.82) is 5.26 Å². The molecule has 5 nitrogen and oxygen atoms in total. The lowest BCUT2D eigenvalue weighted by Crippen LogP contribution is -2.05. The Labute approximate surface area is 104 Å². The van der Waals surface area contributed by atoms with Crippen molar-refractivity contribution in [2.24, 2.45) is 0 Å². The molecule has 1 aromatic heterocycles. The van der Waals surface area contributed by atoms with Gasteiger partial charge in [-0.2, -0.15) is 5.26 Å². The van der Waals surface area contributed by atoms with Crippen LogP contribution in [0.4, 0.5) is 0 Å². The number of carbonyl (C=O) groups excluding carboxylic acids is 1. The topological polar surface area (TPSA) is 78.8 Å². The maximum Gasteiger partial charge on any atom is 0.306 e. The minimum absolute atomic E-state index is 0.226. The number of rotatable bonds is 4. The number of benzene rings is 1. The normalized spacial score (nSPS) is 10.2. The molecule has 0 fully saturated rings. The lowest BCUT2D eigenvalue weighted by molar-refractivity contribution is -0.143. The molecule has 0 spiro atoms. The summed E-state index contributed by atoms with van der Waals surface area (Å²) in [6, 6.07) is 7.34. The maximum absolute atomic E-state index is 11.2. The molecule has 0 saturated heterocycles. The van der Waals surface area contributed by atoms with E-state index in [4.69, 9.17) is 10.00 Å². The Morgan fingerprint density at radius 1 is 1.56 bits per heavy atom. The fourth-order valence-corrected chi connectivity index (χ4v) is 1.70. The van der Waals surface area contributed by atoms with Crippen molar-refractivity contribution in [2.75, 3.05) is 6.61 Å². The molecule has 0 bridgehead atoms. The van der Waals surface area contributed by atoms with Gasteiger partial charge in [0.25, 0.3) is 0 Å². The van der Waals surface area contributed by atoms with Crippen LogP contribution in [0.5, 0.6) is 0 Å². The van der Waals surface area contributed by atoms with Crippen LogP contribution in [0.3, 0.4) is 0 Å². The molecule has 5 heteroatoms. The minimum Gasteiger partial charge on any atom is -0.466 e. The smallest absolute Gasteiger partial charge is 0.306 e. The minimum atomic E-state index is -0.226. The van der Waals surface area contributed by atoms with Crippen molar-refractivity contribution in [1.82, 2.24) is 9.97 Å². The standard InChI is InChI=1S/C13H13N3O2/c1-2-18-13(17)6-5-12-15-10-4-3-9(8-14)7-11(10)16-12/h3-4,7H,2,5-6H2,1H3,(H,15,16). The second kappa shape index (κ2) is 5.32. The van der Waals surface area contributed by atoms with E-state index in [1.54, 1.807) is 19.1 Å². The molecule has 0 aliphatic rings. The van der Waals surface area contributed by atoms with E-state index in [1.165, 1.54) is 0 Å². The zero-order valence-corrected chi connectivity index (χ0v) is 10.1. The fraction of sp³-hybridized carbons (Fsp3) is 0.308. The molecule has 1 aromatic carbocycles. The predicted octanol–water partition coefficient (Wildman–Crippen LogP) is 1.93. The Morgan fingerprint density at radius 2 is 2.39 bits per heavy atom. The Kier molecular flexibility index (Phi) is 3.58. The van der Waals surface area contributed by atoms with Crippen molar-refractivity contribution in [3.63, 3.8) is 0 Å². The Bertz CT molecular complexity index is 610. The third kappa shape index (κ3) is 2.66. The lowest BCUT2D eigenvalue weighted by Gasteiger charge is -1.98. The maximum atomic E-state index is 11.2. The lowest BCUT2D eigenvalue weighted by atomic mass is 10.2. The van der Waals surface area contributed by atoms with Crippen molar-refractivity contribution < 1.29 is 9.53 Å². The summed E-state index contributed by atoms with van der Waals surface area (Å²) in [6.45, 7) is 2.17. The Hall–Kier alpha value is -2.35. The van der Waals surface area contributed by atoms with E-state index >= 15 is 0 Å². The molecule has 0 unspecified atom stereocenters. The summed E-state index contributed by atoms with van der Waals surface area (Å²) in [7, 11) is 0. The van der Waals surface area contributed by atoms with Gasteiger partial charge in [0.2, 0.25) is 0 Å². The molecule has 0 aliphatic heterocycles. The zero-order valence-electron chi connectivity index (χ0n) is 10.1. The Balaban J connectivity index is 2.11. The van der Waals surface area contributed by atoms with Gasteiger partial charge < -0.3 is 9.72 Å². The number of imidazole rings is 1. The first-order valence-corrected chi connectivity index (χ1v) is 5.77. The highest BCUT2D eigenvalue weighted by molar-refractivity contribution is 5.77. The number of aromatic nitrogens is 2. The summed E-state index contributed by atoms with van der Waals surface area (Å²) >= 11 is 0. The van der Waals surface area contributed by atoms with Gasteiger partial charge in [0.1, 0.15) is 5.82 Å². The van der Waals surface area contributed by atoms with Gasteiger partial charge in [0.15, 0.2) is 0 Å². The van der Waals surface area contributed by atoms with E-state index in [1.807, 2.05) is 6.07 Å². The number of carbonyl (C=O) groups is 1. The number of aromatic amines is 1. The molecule has 0 amide bonds. The fourth-order valence-electron chi connectivity index (χ4n) is 1.70. The number of aryl methyl sites for hydroxylation is 1. The van der Waals surface area contributed by atoms with Crippen LogP contribution in [0.25, 0.3) is 11.0 Å². The summed E-state index contributed by atoms with van der Waals surface area (Å²) in [5.74, 6) is 0.504. The van der Waals surface area contributed by atoms with Crippen LogP contribution >= 0.6 is 0 Å². The van der Waals surface area contributed by atoms with Gasteiger partial charge in [-0.3, -0.25) is 4.79 Å². The van der Waals surface area contributed by atoms with E-state index in [0.29, 0.717) is 25.0 Å². The van der Waals surface area contributed by atoms with E-state index in [2.05, 4.69) is 16.0 Å². The number of hydrogen-bond donors (Lipinski definition) is 1. The van der Waals surface area contributed by atoms with Gasteiger partial charge in [0.05, 0.1) is 35.7 Å². The quantitative estimate of drug-likeness (QED) is 0.832. The Morgan fingerprint density at radius 3 is 3.11 bits per heavy atom. The number of hydrogen-bond acceptors (Lipinski definition) is 4. The molecule has 18 heavy (non-hydrogen) atoms. The average Bonchev–Trinajstić information content (AvgIpc) is 2.78. The molecule has 0 saturated carbocycles. The van der Waals surface area contributed by atoms with Gasteiger partial charge in [-0.05, 0) is 25.1 Å². The second-order valence-electron chi connectivity index (χ2n) is 3.83. The predicted molar refractivity (Wildman–Crippen MR) is 65.8 cm³/mol. The summed E-state index contributed by atoms with van der Waals surface area (Å²) in [5, 5.41) is 8.79. The van der Waals surface area contributed by atoms with E-state index in [-0.39, 0.29) is 5.97 Å². The van der Waals surface area contributed by atoms with Crippen LogP contribution in [-0.4, -0.2) is 22.5 Å².